The summed E-state index contributed by atoms with van der Waals surface area (Å²) in [6.45, 7) is 0.114. The van der Waals surface area contributed by atoms with Crippen LogP contribution in [-0.4, -0.2) is 128 Å². The number of hydrogen-bond acceptors (Lipinski definition) is 7. The van der Waals surface area contributed by atoms with E-state index >= 15 is 0 Å². The largest absolute Gasteiger partial charge is 0.370 e. The number of primary amides is 1. The van der Waals surface area contributed by atoms with E-state index in [0.29, 0.717) is 0 Å². The van der Waals surface area contributed by atoms with Gasteiger partial charge in [-0.15, -0.1) is 27.3 Å². The summed E-state index contributed by atoms with van der Waals surface area (Å²) in [6.07, 6.45) is -0.198. The van der Waals surface area contributed by atoms with Crippen LogP contribution in [0, 0.1) is 0 Å². The summed E-state index contributed by atoms with van der Waals surface area (Å²) in [5, 5.41) is 6.00. The predicted molar refractivity (Wildman–Crippen MR) is 207 cm³/mol. The van der Waals surface area contributed by atoms with Gasteiger partial charge >= 0.3 is 0 Å². The van der Waals surface area contributed by atoms with Crippen molar-refractivity contribution < 1.29 is 19.2 Å². The molecule has 13 N–H and O–H groups in total. The molecule has 21 heteroatoms. The molecule has 0 heterocycles. The number of benzene rings is 2. The fourth-order valence-electron chi connectivity index (χ4n) is 5.05. The molecule has 0 aromatic heterocycles. The van der Waals surface area contributed by atoms with Crippen molar-refractivity contribution in [2.45, 2.75) is 73.8 Å². The number of carbonyl (C=O) groups excluding carboxylic acids is 4. The van der Waals surface area contributed by atoms with Crippen LogP contribution in [0.3, 0.4) is 0 Å². The Labute approximate surface area is 309 Å². The summed E-state index contributed by atoms with van der Waals surface area (Å²) < 4.78 is 0. The second-order valence-corrected chi connectivity index (χ2v) is 12.4. The van der Waals surface area contributed by atoms with E-state index in [9.17, 15) is 19.2 Å². The van der Waals surface area contributed by atoms with E-state index in [1.165, 1.54) is 0 Å². The fraction of sp³-hybridized carbons (Fsp3) is 0.433. The molecule has 16 radical (unpaired) electrons. The fourth-order valence-corrected chi connectivity index (χ4v) is 5.05. The zero-order chi connectivity index (χ0) is 38.7. The number of aliphatic imine (C=N–C) groups is 1. The lowest BCUT2D eigenvalue weighted by Gasteiger charge is -2.33. The van der Waals surface area contributed by atoms with Crippen molar-refractivity contribution >= 4 is 120 Å². The first kappa shape index (κ1) is 43.2. The smallest absolute Gasteiger partial charge is 0.243 e. The zero-order valence-corrected chi connectivity index (χ0v) is 28.4. The van der Waals surface area contributed by atoms with Crippen molar-refractivity contribution in [3.8, 4) is 0 Å². The van der Waals surface area contributed by atoms with E-state index in [0.717, 1.165) is 5.56 Å². The Balaban J connectivity index is 2.48. The van der Waals surface area contributed by atoms with Crippen molar-refractivity contribution in [3.63, 3.8) is 0 Å². The molecule has 0 saturated heterocycles. The van der Waals surface area contributed by atoms with Crippen LogP contribution in [0.25, 0.3) is 0 Å². The molecule has 51 heavy (non-hydrogen) atoms. The van der Waals surface area contributed by atoms with Gasteiger partial charge in [0.2, 0.25) is 23.6 Å². The summed E-state index contributed by atoms with van der Waals surface area (Å²) in [4.78, 5) is 57.4. The molecule has 2 rings (SSSR count). The van der Waals surface area contributed by atoms with Gasteiger partial charge in [0.1, 0.15) is 59.2 Å². The molecule has 4 atom stereocenters. The number of hydrogen-bond donors (Lipinski definition) is 8. The summed E-state index contributed by atoms with van der Waals surface area (Å²) in [5.41, 5.74) is 26.4. The Morgan fingerprint density at radius 3 is 1.80 bits per heavy atom. The molecule has 13 nitrogen and oxygen atoms in total. The lowest BCUT2D eigenvalue weighted by Crippen LogP contribution is -2.64. The zero-order valence-electron chi connectivity index (χ0n) is 28.4. The molecule has 0 aliphatic heterocycles. The van der Waals surface area contributed by atoms with E-state index in [1.54, 1.807) is 24.3 Å². The van der Waals surface area contributed by atoms with Crippen LogP contribution in [0.5, 0.6) is 0 Å². The standard InChI is InChI=1S/C30H37B8N9O4/c31-19-15(20(32)22(34)23(35)21(19)33)13-18(26(50)47-29(36,27(40)51)9-5-10-30(37,38)43)46-25(49)17(8-4-11-44-28(41)42)45-24(48)16(39)12-14-6-2-1-3-7-14/h1-3,6-7,16-18H,4-5,8-13,39,43H2,(H2,40,51)(H,45,48)(H,46,49)(H,47,50)(H4,41,42,44)/t16-,17+,18-,29-/m0/s1. The van der Waals surface area contributed by atoms with Crippen LogP contribution in [-0.2, 0) is 32.0 Å². The van der Waals surface area contributed by atoms with Gasteiger partial charge in [0.25, 0.3) is 0 Å². The lowest BCUT2D eigenvalue weighted by atomic mass is 9.59. The first-order valence-electron chi connectivity index (χ1n) is 15.9. The molecule has 0 aliphatic rings. The number of nitrogens with one attached hydrogen (secondary N) is 3. The van der Waals surface area contributed by atoms with Crippen molar-refractivity contribution in [2.24, 2.45) is 33.7 Å². The Bertz CT molecular complexity index is 1560. The SMILES string of the molecule is [B]c1c([B])c([B])c(C[C@H](NC(=O)[C@@H](CCCN=C(N)N)NC(=O)[C@@H](N)Cc2ccccc2)C(=O)N[C@@]([B])(CCCC([B])([B])N)C(N)=O)c([B])c1[B]. The van der Waals surface area contributed by atoms with Gasteiger partial charge in [0.15, 0.2) is 5.96 Å². The van der Waals surface area contributed by atoms with Gasteiger partial charge in [0.05, 0.1) is 27.2 Å². The predicted octanol–water partition coefficient (Wildman–Crippen LogP) is -8.62. The molecule has 0 unspecified atom stereocenters. The molecule has 0 saturated carbocycles. The summed E-state index contributed by atoms with van der Waals surface area (Å²) in [6, 6.07) is 5.13. The molecule has 0 spiro atoms. The second kappa shape index (κ2) is 19.0. The molecule has 4 amide bonds. The number of rotatable bonds is 19. The van der Waals surface area contributed by atoms with E-state index in [4.69, 9.17) is 91.4 Å². The Kier molecular flexibility index (Phi) is 16.1. The van der Waals surface area contributed by atoms with Crippen LogP contribution in [0.1, 0.15) is 43.2 Å². The molecule has 250 valence electrons. The first-order chi connectivity index (χ1) is 23.7. The second-order valence-electron chi connectivity index (χ2n) is 12.4. The normalized spacial score (nSPS) is 14.2. The summed E-state index contributed by atoms with van der Waals surface area (Å²) >= 11 is 0. The number of nitrogens with zero attached hydrogens (tertiary/aromatic N) is 1. The maximum absolute atomic E-state index is 13.9. The molecule has 0 fully saturated rings. The average Bonchev–Trinajstić information content (AvgIpc) is 3.05. The molecule has 0 aliphatic carbocycles. The van der Waals surface area contributed by atoms with Crippen LogP contribution in [0.2, 0.25) is 0 Å². The van der Waals surface area contributed by atoms with Gasteiger partial charge in [-0.2, -0.15) is 0 Å². The van der Waals surface area contributed by atoms with Gasteiger partial charge in [0, 0.05) is 13.0 Å². The quantitative estimate of drug-likeness (QED) is 0.0307. The van der Waals surface area contributed by atoms with Gasteiger partial charge in [-0.25, -0.2) is 0 Å². The van der Waals surface area contributed by atoms with Crippen LogP contribution >= 0.6 is 0 Å². The molecule has 2 aromatic carbocycles. The van der Waals surface area contributed by atoms with Gasteiger partial charge in [-0.05, 0) is 31.2 Å². The van der Waals surface area contributed by atoms with E-state index in [1.807, 2.05) is 6.07 Å². The topological polar surface area (TPSA) is 247 Å². The Hall–Kier alpha value is -3.97. The highest BCUT2D eigenvalue weighted by Gasteiger charge is 2.36. The summed E-state index contributed by atoms with van der Waals surface area (Å²) in [5.74, 6) is -3.78. The Morgan fingerprint density at radius 2 is 1.27 bits per heavy atom. The van der Waals surface area contributed by atoms with Gasteiger partial charge in [-0.1, -0.05) is 54.1 Å². The summed E-state index contributed by atoms with van der Waals surface area (Å²) in [7, 11) is 47.9. The van der Waals surface area contributed by atoms with E-state index in [-0.39, 0.29) is 83.9 Å². The van der Waals surface area contributed by atoms with Crippen molar-refractivity contribution in [1.29, 1.82) is 0 Å². The average molecular weight is 674 g/mol. The van der Waals surface area contributed by atoms with Crippen molar-refractivity contribution in [3.05, 3.63) is 41.5 Å². The minimum absolute atomic E-state index is 0.0000376. The van der Waals surface area contributed by atoms with Crippen molar-refractivity contribution in [2.75, 3.05) is 6.54 Å². The van der Waals surface area contributed by atoms with Crippen molar-refractivity contribution in [1.82, 2.24) is 16.0 Å². The molecular formula is C30H37B8N9O4. The molecular weight excluding hydrogens is 637 g/mol. The van der Waals surface area contributed by atoms with E-state index in [2.05, 4.69) is 20.9 Å². The highest BCUT2D eigenvalue weighted by molar-refractivity contribution is 6.67. The minimum atomic E-state index is -2.15. The maximum atomic E-state index is 13.9. The van der Waals surface area contributed by atoms with Crippen LogP contribution < -0.4 is 71.9 Å². The first-order valence-corrected chi connectivity index (χ1v) is 15.9. The van der Waals surface area contributed by atoms with Gasteiger partial charge < -0.3 is 44.6 Å². The Morgan fingerprint density at radius 1 is 0.725 bits per heavy atom. The third-order valence-electron chi connectivity index (χ3n) is 8.03. The van der Waals surface area contributed by atoms with E-state index < -0.39 is 59.0 Å². The lowest BCUT2D eigenvalue weighted by molar-refractivity contribution is -0.134. The molecule has 2 aromatic rings. The monoisotopic (exact) mass is 675 g/mol. The highest BCUT2D eigenvalue weighted by Crippen LogP contribution is 2.15. The molecule has 0 bridgehead atoms. The highest BCUT2D eigenvalue weighted by atomic mass is 16.2. The number of guanidine groups is 1. The van der Waals surface area contributed by atoms with Crippen LogP contribution in [0.4, 0.5) is 0 Å². The van der Waals surface area contributed by atoms with Crippen LogP contribution in [0.15, 0.2) is 35.3 Å². The number of carbonyl (C=O) groups is 4. The third kappa shape index (κ3) is 13.3. The number of nitrogens with two attached hydrogens (primary N) is 5. The number of amides is 4. The maximum Gasteiger partial charge on any atom is 0.243 e. The minimum Gasteiger partial charge on any atom is -0.370 e. The third-order valence-corrected chi connectivity index (χ3v) is 8.03. The van der Waals surface area contributed by atoms with Gasteiger partial charge in [-0.3, -0.25) is 24.2 Å².